The molecule has 1 fully saturated rings. The number of rotatable bonds is 6. The van der Waals surface area contributed by atoms with Crippen molar-refractivity contribution >= 4 is 11.6 Å². The molecule has 0 saturated carbocycles. The lowest BCUT2D eigenvalue weighted by Crippen LogP contribution is -2.18. The van der Waals surface area contributed by atoms with E-state index >= 15 is 0 Å². The number of nitrogens with zero attached hydrogens (tertiary/aromatic N) is 2. The number of hydrogen-bond acceptors (Lipinski definition) is 3. The van der Waals surface area contributed by atoms with Gasteiger partial charge in [-0.25, -0.2) is 0 Å². The van der Waals surface area contributed by atoms with Crippen molar-refractivity contribution in [3.63, 3.8) is 0 Å². The first kappa shape index (κ1) is 18.4. The maximum atomic E-state index is 12.5. The second-order valence-corrected chi connectivity index (χ2v) is 7.36. The molecule has 28 heavy (non-hydrogen) atoms. The number of anilines is 1. The Kier molecular flexibility index (Phi) is 5.78. The van der Waals surface area contributed by atoms with E-state index in [1.165, 1.54) is 42.6 Å². The first-order valence-corrected chi connectivity index (χ1v) is 9.87. The fourth-order valence-electron chi connectivity index (χ4n) is 3.61. The van der Waals surface area contributed by atoms with Crippen LogP contribution in [0.5, 0.6) is 0 Å². The molecule has 0 unspecified atom stereocenters. The summed E-state index contributed by atoms with van der Waals surface area (Å²) in [4.78, 5) is 19.0. The van der Waals surface area contributed by atoms with Crippen molar-refractivity contribution in [2.24, 2.45) is 0 Å². The van der Waals surface area contributed by atoms with Gasteiger partial charge in [-0.05, 0) is 85.4 Å². The lowest BCUT2D eigenvalue weighted by atomic mass is 10.1. The smallest absolute Gasteiger partial charge is 0.255 e. The van der Waals surface area contributed by atoms with Crippen LogP contribution >= 0.6 is 0 Å². The molecule has 0 bridgehead atoms. The second-order valence-electron chi connectivity index (χ2n) is 7.36. The summed E-state index contributed by atoms with van der Waals surface area (Å²) in [6, 6.07) is 20.0. The summed E-state index contributed by atoms with van der Waals surface area (Å²) in [5, 5.41) is 2.98. The number of carbonyl (C=O) groups excluding carboxylic acids is 1. The summed E-state index contributed by atoms with van der Waals surface area (Å²) in [7, 11) is 0. The SMILES string of the molecule is O=C(Nc1ccc(Cc2ccncc2)cc1)c1ccc(CN2CCCC2)cc1. The number of aromatic nitrogens is 1. The lowest BCUT2D eigenvalue weighted by molar-refractivity contribution is 0.102. The van der Waals surface area contributed by atoms with Crippen molar-refractivity contribution in [1.82, 2.24) is 9.88 Å². The van der Waals surface area contributed by atoms with Gasteiger partial charge < -0.3 is 5.32 Å². The Hall–Kier alpha value is -2.98. The van der Waals surface area contributed by atoms with Gasteiger partial charge in [0.1, 0.15) is 0 Å². The van der Waals surface area contributed by atoms with Crippen LogP contribution in [0.25, 0.3) is 0 Å². The highest BCUT2D eigenvalue weighted by molar-refractivity contribution is 6.04. The summed E-state index contributed by atoms with van der Waals surface area (Å²) in [5.41, 5.74) is 5.19. The predicted octanol–water partition coefficient (Wildman–Crippen LogP) is 4.52. The van der Waals surface area contributed by atoms with Gasteiger partial charge in [0.2, 0.25) is 0 Å². The van der Waals surface area contributed by atoms with Crippen molar-refractivity contribution in [2.75, 3.05) is 18.4 Å². The fourth-order valence-corrected chi connectivity index (χ4v) is 3.61. The first-order chi connectivity index (χ1) is 13.8. The number of pyridine rings is 1. The molecular formula is C24H25N3O. The Morgan fingerprint density at radius 2 is 1.43 bits per heavy atom. The van der Waals surface area contributed by atoms with Crippen LogP contribution in [0.1, 0.15) is 39.9 Å². The standard InChI is InChI=1S/C24H25N3O/c28-24(22-7-3-21(4-8-22)18-27-15-1-2-16-27)26-23-9-5-19(6-10-23)17-20-11-13-25-14-12-20/h3-14H,1-2,15-18H2,(H,26,28). The van der Waals surface area contributed by atoms with E-state index in [2.05, 4.69) is 39.5 Å². The van der Waals surface area contributed by atoms with Crippen molar-refractivity contribution in [3.05, 3.63) is 95.3 Å². The lowest BCUT2D eigenvalue weighted by Gasteiger charge is -2.14. The number of hydrogen-bond donors (Lipinski definition) is 1. The molecule has 1 N–H and O–H groups in total. The molecule has 4 nitrogen and oxygen atoms in total. The van der Waals surface area contributed by atoms with E-state index in [4.69, 9.17) is 0 Å². The van der Waals surface area contributed by atoms with Crippen LogP contribution in [0.2, 0.25) is 0 Å². The molecular weight excluding hydrogens is 346 g/mol. The summed E-state index contributed by atoms with van der Waals surface area (Å²) in [5.74, 6) is -0.0744. The molecule has 1 aliphatic heterocycles. The minimum Gasteiger partial charge on any atom is -0.322 e. The van der Waals surface area contributed by atoms with Gasteiger partial charge in [0.25, 0.3) is 5.91 Å². The molecule has 0 aliphatic carbocycles. The number of carbonyl (C=O) groups is 1. The maximum Gasteiger partial charge on any atom is 0.255 e. The van der Waals surface area contributed by atoms with E-state index in [9.17, 15) is 4.79 Å². The van der Waals surface area contributed by atoms with Gasteiger partial charge in [0.15, 0.2) is 0 Å². The summed E-state index contributed by atoms with van der Waals surface area (Å²) in [6.07, 6.45) is 7.06. The van der Waals surface area contributed by atoms with Gasteiger partial charge in [-0.1, -0.05) is 24.3 Å². The van der Waals surface area contributed by atoms with Crippen molar-refractivity contribution in [1.29, 1.82) is 0 Å². The van der Waals surface area contributed by atoms with Crippen molar-refractivity contribution in [3.8, 4) is 0 Å². The molecule has 1 amide bonds. The second kappa shape index (κ2) is 8.81. The third kappa shape index (κ3) is 4.84. The average molecular weight is 371 g/mol. The molecule has 1 saturated heterocycles. The minimum atomic E-state index is -0.0744. The topological polar surface area (TPSA) is 45.2 Å². The number of nitrogens with one attached hydrogen (secondary N) is 1. The minimum absolute atomic E-state index is 0.0744. The predicted molar refractivity (Wildman–Crippen MR) is 112 cm³/mol. The van der Waals surface area contributed by atoms with E-state index in [0.29, 0.717) is 5.56 Å². The van der Waals surface area contributed by atoms with Crippen LogP contribution in [0.3, 0.4) is 0 Å². The Morgan fingerprint density at radius 3 is 2.11 bits per heavy atom. The Bertz CT molecular complexity index is 899. The van der Waals surface area contributed by atoms with Crippen molar-refractivity contribution < 1.29 is 4.79 Å². The highest BCUT2D eigenvalue weighted by Gasteiger charge is 2.12. The molecule has 2 heterocycles. The zero-order valence-corrected chi connectivity index (χ0v) is 16.0. The molecule has 3 aromatic rings. The number of likely N-dealkylation sites (tertiary alicyclic amines) is 1. The van der Waals surface area contributed by atoms with Crippen LogP contribution in [-0.4, -0.2) is 28.9 Å². The van der Waals surface area contributed by atoms with Crippen LogP contribution in [0.4, 0.5) is 5.69 Å². The summed E-state index contributed by atoms with van der Waals surface area (Å²) < 4.78 is 0. The van der Waals surface area contributed by atoms with Crippen LogP contribution < -0.4 is 5.32 Å². The average Bonchev–Trinajstić information content (AvgIpc) is 3.24. The zero-order valence-electron chi connectivity index (χ0n) is 16.0. The van der Waals surface area contributed by atoms with E-state index in [1.807, 2.05) is 36.4 Å². The molecule has 0 radical (unpaired) electrons. The molecule has 4 heteroatoms. The Labute approximate surface area is 166 Å². The molecule has 0 atom stereocenters. The molecule has 0 spiro atoms. The van der Waals surface area contributed by atoms with E-state index < -0.39 is 0 Å². The first-order valence-electron chi connectivity index (χ1n) is 9.87. The normalized spacial score (nSPS) is 14.1. The molecule has 2 aromatic carbocycles. The third-order valence-corrected chi connectivity index (χ3v) is 5.19. The summed E-state index contributed by atoms with van der Waals surface area (Å²) in [6.45, 7) is 3.33. The number of amides is 1. The van der Waals surface area contributed by atoms with Gasteiger partial charge in [-0.2, -0.15) is 0 Å². The van der Waals surface area contributed by atoms with Crippen LogP contribution in [0, 0.1) is 0 Å². The fraction of sp³-hybridized carbons (Fsp3) is 0.250. The van der Waals surface area contributed by atoms with Gasteiger partial charge in [-0.15, -0.1) is 0 Å². The zero-order chi connectivity index (χ0) is 19.2. The highest BCUT2D eigenvalue weighted by atomic mass is 16.1. The van der Waals surface area contributed by atoms with Gasteiger partial charge >= 0.3 is 0 Å². The largest absolute Gasteiger partial charge is 0.322 e. The quantitative estimate of drug-likeness (QED) is 0.693. The molecule has 1 aliphatic rings. The molecule has 4 rings (SSSR count). The van der Waals surface area contributed by atoms with E-state index in [-0.39, 0.29) is 5.91 Å². The van der Waals surface area contributed by atoms with E-state index in [0.717, 1.165) is 18.7 Å². The van der Waals surface area contributed by atoms with Gasteiger partial charge in [0, 0.05) is 30.2 Å². The maximum absolute atomic E-state index is 12.5. The van der Waals surface area contributed by atoms with Crippen LogP contribution in [-0.2, 0) is 13.0 Å². The van der Waals surface area contributed by atoms with Gasteiger partial charge in [0.05, 0.1) is 0 Å². The molecule has 142 valence electrons. The third-order valence-electron chi connectivity index (χ3n) is 5.19. The van der Waals surface area contributed by atoms with Crippen LogP contribution in [0.15, 0.2) is 73.1 Å². The summed E-state index contributed by atoms with van der Waals surface area (Å²) >= 11 is 0. The number of benzene rings is 2. The van der Waals surface area contributed by atoms with E-state index in [1.54, 1.807) is 12.4 Å². The Morgan fingerprint density at radius 1 is 0.821 bits per heavy atom. The Balaban J connectivity index is 1.33. The molecule has 1 aromatic heterocycles. The van der Waals surface area contributed by atoms with Gasteiger partial charge in [-0.3, -0.25) is 14.7 Å². The highest BCUT2D eigenvalue weighted by Crippen LogP contribution is 2.16. The van der Waals surface area contributed by atoms with Crippen molar-refractivity contribution in [2.45, 2.75) is 25.8 Å². The monoisotopic (exact) mass is 371 g/mol.